The third-order valence-electron chi connectivity index (χ3n) is 3.93. The Morgan fingerprint density at radius 3 is 2.64 bits per heavy atom. The monoisotopic (exact) mass is 347 g/mol. The summed E-state index contributed by atoms with van der Waals surface area (Å²) in [4.78, 5) is 22.6. The molecule has 1 N–H and O–H groups in total. The number of nitro groups is 1. The smallest absolute Gasteiger partial charge is 0.317 e. The van der Waals surface area contributed by atoms with Crippen molar-refractivity contribution in [3.05, 3.63) is 63.5 Å². The van der Waals surface area contributed by atoms with Gasteiger partial charge in [-0.2, -0.15) is 0 Å². The molecular weight excluding hydrogens is 333 g/mol. The molecule has 3 rings (SSSR count). The van der Waals surface area contributed by atoms with Crippen molar-refractivity contribution < 1.29 is 28.7 Å². The van der Waals surface area contributed by atoms with Gasteiger partial charge in [0.2, 0.25) is 0 Å². The molecule has 0 radical (unpaired) electrons. The molecule has 1 heterocycles. The molecule has 0 aromatic heterocycles. The van der Waals surface area contributed by atoms with E-state index >= 15 is 0 Å². The van der Waals surface area contributed by atoms with Gasteiger partial charge in [-0.3, -0.25) is 14.9 Å². The summed E-state index contributed by atoms with van der Waals surface area (Å²) in [5, 5.41) is 20.9. The number of phenolic OH excluding ortho intramolecular Hbond substituents is 1. The van der Waals surface area contributed by atoms with Crippen LogP contribution >= 0.6 is 0 Å². The number of hydrogen-bond donors (Lipinski definition) is 1. The van der Waals surface area contributed by atoms with E-state index < -0.39 is 40.2 Å². The Balaban J connectivity index is 2.09. The average molecular weight is 347 g/mol. The molecule has 1 aliphatic heterocycles. The van der Waals surface area contributed by atoms with Crippen molar-refractivity contribution in [1.82, 2.24) is 0 Å². The number of nitrogens with zero attached hydrogens (tertiary/aromatic N) is 1. The minimum absolute atomic E-state index is 0.108. The van der Waals surface area contributed by atoms with Gasteiger partial charge < -0.3 is 14.6 Å². The molecule has 7 nitrogen and oxygen atoms in total. The summed E-state index contributed by atoms with van der Waals surface area (Å²) < 4.78 is 24.0. The van der Waals surface area contributed by atoms with Gasteiger partial charge in [-0.05, 0) is 30.7 Å². The number of esters is 1. The number of halogens is 1. The lowest BCUT2D eigenvalue weighted by Crippen LogP contribution is -2.21. The fraction of sp³-hybridized carbons (Fsp3) is 0.235. The van der Waals surface area contributed by atoms with Crippen LogP contribution in [0.5, 0.6) is 11.5 Å². The molecular formula is C17H14FNO6. The van der Waals surface area contributed by atoms with E-state index in [4.69, 9.17) is 9.47 Å². The van der Waals surface area contributed by atoms with Crippen LogP contribution in [0.25, 0.3) is 0 Å². The van der Waals surface area contributed by atoms with E-state index in [2.05, 4.69) is 0 Å². The number of hydrogen-bond acceptors (Lipinski definition) is 6. The Kier molecular flexibility index (Phi) is 4.26. The van der Waals surface area contributed by atoms with E-state index in [1.54, 1.807) is 6.92 Å². The van der Waals surface area contributed by atoms with Crippen molar-refractivity contribution in [1.29, 1.82) is 0 Å². The second kappa shape index (κ2) is 6.39. The fourth-order valence-electron chi connectivity index (χ4n) is 2.83. The average Bonchev–Trinajstić information content (AvgIpc) is 2.93. The number of ether oxygens (including phenoxy) is 2. The minimum atomic E-state index is -0.924. The SMILES string of the molecule is CCOC(=O)C1c2cc(O)c([N+](=O)[O-])cc2OC1c1ccc(F)cc1. The molecule has 0 saturated heterocycles. The summed E-state index contributed by atoms with van der Waals surface area (Å²) in [6, 6.07) is 7.59. The van der Waals surface area contributed by atoms with Crippen molar-refractivity contribution >= 4 is 11.7 Å². The first-order valence-electron chi connectivity index (χ1n) is 7.52. The second-order valence-electron chi connectivity index (χ2n) is 5.46. The second-order valence-corrected chi connectivity index (χ2v) is 5.46. The number of fused-ring (bicyclic) bond motifs is 1. The number of benzene rings is 2. The van der Waals surface area contributed by atoms with Crippen LogP contribution in [0.3, 0.4) is 0 Å². The molecule has 0 saturated carbocycles. The number of phenols is 1. The van der Waals surface area contributed by atoms with Gasteiger partial charge >= 0.3 is 11.7 Å². The first-order valence-corrected chi connectivity index (χ1v) is 7.52. The molecule has 2 atom stereocenters. The molecule has 0 amide bonds. The molecule has 0 bridgehead atoms. The number of aromatic hydroxyl groups is 1. The van der Waals surface area contributed by atoms with E-state index in [0.29, 0.717) is 5.56 Å². The number of nitro benzene ring substituents is 1. The quantitative estimate of drug-likeness (QED) is 0.518. The van der Waals surface area contributed by atoms with Crippen LogP contribution in [0.15, 0.2) is 36.4 Å². The Hall–Kier alpha value is -3.16. The third kappa shape index (κ3) is 2.98. The van der Waals surface area contributed by atoms with E-state index in [-0.39, 0.29) is 17.9 Å². The van der Waals surface area contributed by atoms with Crippen LogP contribution in [0, 0.1) is 15.9 Å². The summed E-state index contributed by atoms with van der Waals surface area (Å²) in [7, 11) is 0. The number of carbonyl (C=O) groups is 1. The highest BCUT2D eigenvalue weighted by Crippen LogP contribution is 2.50. The lowest BCUT2D eigenvalue weighted by atomic mass is 9.91. The normalized spacial score (nSPS) is 18.3. The first kappa shape index (κ1) is 16.7. The predicted molar refractivity (Wildman–Crippen MR) is 83.9 cm³/mol. The maximum atomic E-state index is 13.2. The van der Waals surface area contributed by atoms with E-state index in [1.165, 1.54) is 24.3 Å². The standard InChI is InChI=1S/C17H14FNO6/c1-2-24-17(21)15-11-7-13(20)12(19(22)23)8-14(11)25-16(15)9-3-5-10(18)6-4-9/h3-8,15-16,20H,2H2,1H3. The third-order valence-corrected chi connectivity index (χ3v) is 3.93. The van der Waals surface area contributed by atoms with Gasteiger partial charge in [0.05, 0.1) is 17.6 Å². The van der Waals surface area contributed by atoms with E-state index in [0.717, 1.165) is 12.1 Å². The van der Waals surface area contributed by atoms with Gasteiger partial charge in [-0.15, -0.1) is 0 Å². The van der Waals surface area contributed by atoms with Crippen LogP contribution in [0.4, 0.5) is 10.1 Å². The zero-order valence-corrected chi connectivity index (χ0v) is 13.1. The maximum absolute atomic E-state index is 13.2. The molecule has 0 aliphatic carbocycles. The van der Waals surface area contributed by atoms with Crippen LogP contribution in [-0.4, -0.2) is 22.6 Å². The van der Waals surface area contributed by atoms with Crippen LogP contribution in [-0.2, 0) is 9.53 Å². The van der Waals surface area contributed by atoms with Crippen molar-refractivity contribution in [2.45, 2.75) is 18.9 Å². The van der Waals surface area contributed by atoms with E-state index in [1.807, 2.05) is 0 Å². The van der Waals surface area contributed by atoms with E-state index in [9.17, 15) is 24.4 Å². The molecule has 2 aromatic carbocycles. The lowest BCUT2D eigenvalue weighted by Gasteiger charge is -2.18. The molecule has 2 aromatic rings. The lowest BCUT2D eigenvalue weighted by molar-refractivity contribution is -0.385. The molecule has 130 valence electrons. The molecule has 2 unspecified atom stereocenters. The highest BCUT2D eigenvalue weighted by molar-refractivity contribution is 5.82. The minimum Gasteiger partial charge on any atom is -0.502 e. The fourth-order valence-corrected chi connectivity index (χ4v) is 2.83. The van der Waals surface area contributed by atoms with Gasteiger partial charge in [0.25, 0.3) is 0 Å². The highest BCUT2D eigenvalue weighted by atomic mass is 19.1. The zero-order chi connectivity index (χ0) is 18.1. The van der Waals surface area contributed by atoms with Crippen LogP contribution in [0.1, 0.15) is 30.1 Å². The number of rotatable bonds is 4. The van der Waals surface area contributed by atoms with Crippen molar-refractivity contribution in [2.24, 2.45) is 0 Å². The van der Waals surface area contributed by atoms with Gasteiger partial charge in [0.1, 0.15) is 23.6 Å². The largest absolute Gasteiger partial charge is 0.502 e. The molecule has 0 fully saturated rings. The Morgan fingerprint density at radius 1 is 1.36 bits per heavy atom. The number of carbonyl (C=O) groups excluding carboxylic acids is 1. The first-order chi connectivity index (χ1) is 11.9. The van der Waals surface area contributed by atoms with Crippen molar-refractivity contribution in [3.8, 4) is 11.5 Å². The summed E-state index contributed by atoms with van der Waals surface area (Å²) >= 11 is 0. The maximum Gasteiger partial charge on any atom is 0.317 e. The van der Waals surface area contributed by atoms with Gasteiger partial charge in [-0.25, -0.2) is 4.39 Å². The Morgan fingerprint density at radius 2 is 2.04 bits per heavy atom. The predicted octanol–water partition coefficient (Wildman–Crippen LogP) is 3.22. The molecule has 1 aliphatic rings. The molecule has 25 heavy (non-hydrogen) atoms. The molecule has 0 spiro atoms. The highest BCUT2D eigenvalue weighted by Gasteiger charge is 2.43. The zero-order valence-electron chi connectivity index (χ0n) is 13.1. The Bertz CT molecular complexity index is 836. The van der Waals surface area contributed by atoms with Crippen LogP contribution < -0.4 is 4.74 Å². The van der Waals surface area contributed by atoms with Crippen molar-refractivity contribution in [2.75, 3.05) is 6.61 Å². The topological polar surface area (TPSA) is 98.9 Å². The summed E-state index contributed by atoms with van der Waals surface area (Å²) in [6.07, 6.45) is -0.837. The van der Waals surface area contributed by atoms with Gasteiger partial charge in [0.15, 0.2) is 5.75 Å². The molecule has 8 heteroatoms. The van der Waals surface area contributed by atoms with Crippen LogP contribution in [0.2, 0.25) is 0 Å². The summed E-state index contributed by atoms with van der Waals surface area (Å²) in [5.74, 6) is -2.42. The Labute approximate surface area is 141 Å². The summed E-state index contributed by atoms with van der Waals surface area (Å²) in [6.45, 7) is 1.79. The van der Waals surface area contributed by atoms with Gasteiger partial charge in [0, 0.05) is 5.56 Å². The van der Waals surface area contributed by atoms with Gasteiger partial charge in [-0.1, -0.05) is 12.1 Å². The van der Waals surface area contributed by atoms with Crippen molar-refractivity contribution in [3.63, 3.8) is 0 Å². The summed E-state index contributed by atoms with van der Waals surface area (Å²) in [5.41, 5.74) is 0.273.